The van der Waals surface area contributed by atoms with E-state index in [4.69, 9.17) is 19.4 Å². The van der Waals surface area contributed by atoms with E-state index in [0.29, 0.717) is 5.92 Å². The number of aromatic amines is 2. The standard InChI is InChI=1S/C62H90N4O2/c1-16-48-42(10)59-52(31-23-30-46-35-47(67-14)32-33-58(46)68-15)60-43(11)49(17-2)55(64-60)37-57-51(19-4)45(13)62(66-57)53(61-44(12)50(18-3)56(65-61)36-54(48)63-59)34-41(9)29-22-28-40(8)27-21-26-39(7)25-20-24-38(5)6/h32-33,35-41,63-64H,16-31,34H2,1-15H3. The second kappa shape index (κ2) is 24.3. The van der Waals surface area contributed by atoms with E-state index < -0.39 is 0 Å². The number of benzene rings is 1. The van der Waals surface area contributed by atoms with Crippen LogP contribution in [-0.4, -0.2) is 34.2 Å². The predicted octanol–water partition coefficient (Wildman–Crippen LogP) is 17.5. The molecule has 2 aliphatic rings. The topological polar surface area (TPSA) is 75.8 Å². The molecule has 4 aromatic rings. The van der Waals surface area contributed by atoms with E-state index in [1.807, 2.05) is 12.1 Å². The quantitative estimate of drug-likeness (QED) is 0.0734. The number of fused-ring (bicyclic) bond motifs is 8. The Morgan fingerprint density at radius 3 is 1.44 bits per heavy atom. The molecule has 370 valence electrons. The first-order chi connectivity index (χ1) is 32.7. The first kappa shape index (κ1) is 52.8. The van der Waals surface area contributed by atoms with Gasteiger partial charge in [-0.2, -0.15) is 0 Å². The molecule has 6 rings (SSSR count). The van der Waals surface area contributed by atoms with E-state index in [1.165, 1.54) is 141 Å². The number of hydrogen-bond donors (Lipinski definition) is 2. The molecule has 3 unspecified atom stereocenters. The van der Waals surface area contributed by atoms with Gasteiger partial charge in [-0.3, -0.25) is 0 Å². The fourth-order valence-corrected chi connectivity index (χ4v) is 11.7. The first-order valence-corrected chi connectivity index (χ1v) is 27.1. The molecule has 3 aromatic heterocycles. The Balaban J connectivity index is 1.45. The van der Waals surface area contributed by atoms with Crippen LogP contribution in [0.3, 0.4) is 0 Å². The smallest absolute Gasteiger partial charge is 0.122 e. The Morgan fingerprint density at radius 1 is 0.515 bits per heavy atom. The number of rotatable bonds is 24. The van der Waals surface area contributed by atoms with Crippen molar-refractivity contribution in [1.29, 1.82) is 0 Å². The van der Waals surface area contributed by atoms with Crippen molar-refractivity contribution in [3.63, 3.8) is 0 Å². The molecular formula is C62H90N4O2. The third-order valence-electron chi connectivity index (χ3n) is 15.9. The summed E-state index contributed by atoms with van der Waals surface area (Å²) in [6.07, 6.45) is 19.5. The van der Waals surface area contributed by atoms with Crippen molar-refractivity contribution < 1.29 is 9.47 Å². The van der Waals surface area contributed by atoms with E-state index in [1.54, 1.807) is 14.2 Å². The van der Waals surface area contributed by atoms with Gasteiger partial charge in [0.2, 0.25) is 0 Å². The normalized spacial score (nSPS) is 14.4. The summed E-state index contributed by atoms with van der Waals surface area (Å²) in [6.45, 7) is 30.6. The van der Waals surface area contributed by atoms with Gasteiger partial charge in [-0.25, -0.2) is 9.97 Å². The number of ether oxygens (including phenoxy) is 2. The van der Waals surface area contributed by atoms with Crippen LogP contribution in [0, 0.1) is 37.5 Å². The zero-order chi connectivity index (χ0) is 49.2. The van der Waals surface area contributed by atoms with Gasteiger partial charge in [0.05, 0.1) is 37.0 Å². The van der Waals surface area contributed by atoms with Gasteiger partial charge in [-0.05, 0) is 189 Å². The maximum atomic E-state index is 5.82. The van der Waals surface area contributed by atoms with Gasteiger partial charge < -0.3 is 19.4 Å². The van der Waals surface area contributed by atoms with Gasteiger partial charge in [0.25, 0.3) is 0 Å². The molecular weight excluding hydrogens is 833 g/mol. The van der Waals surface area contributed by atoms with Gasteiger partial charge >= 0.3 is 0 Å². The second-order valence-electron chi connectivity index (χ2n) is 21.3. The van der Waals surface area contributed by atoms with Crippen LogP contribution in [0.4, 0.5) is 0 Å². The Bertz CT molecular complexity index is 2480. The number of nitrogens with zero attached hydrogens (tertiary/aromatic N) is 2. The highest BCUT2D eigenvalue weighted by Gasteiger charge is 2.27. The highest BCUT2D eigenvalue weighted by atomic mass is 16.5. The molecule has 0 fully saturated rings. The first-order valence-electron chi connectivity index (χ1n) is 27.1. The van der Waals surface area contributed by atoms with Gasteiger partial charge in [-0.15, -0.1) is 0 Å². The Labute approximate surface area is 412 Å². The molecule has 8 bridgehead atoms. The second-order valence-corrected chi connectivity index (χ2v) is 21.3. The Hall–Kier alpha value is -4.58. The molecule has 0 amide bonds. The van der Waals surface area contributed by atoms with Crippen LogP contribution >= 0.6 is 0 Å². The molecule has 6 heteroatoms. The van der Waals surface area contributed by atoms with Gasteiger partial charge in [0.15, 0.2) is 0 Å². The summed E-state index contributed by atoms with van der Waals surface area (Å²) in [4.78, 5) is 19.5. The van der Waals surface area contributed by atoms with Crippen LogP contribution in [0.15, 0.2) is 30.3 Å². The minimum absolute atomic E-state index is 0.519. The van der Waals surface area contributed by atoms with Crippen molar-refractivity contribution in [3.05, 3.63) is 92.1 Å². The Kier molecular flexibility index (Phi) is 18.9. The van der Waals surface area contributed by atoms with Crippen molar-refractivity contribution in [3.8, 4) is 11.5 Å². The summed E-state index contributed by atoms with van der Waals surface area (Å²) < 4.78 is 11.5. The van der Waals surface area contributed by atoms with E-state index in [-0.39, 0.29) is 0 Å². The van der Waals surface area contributed by atoms with Crippen LogP contribution in [-0.2, 0) is 32.1 Å². The maximum absolute atomic E-state index is 5.82. The van der Waals surface area contributed by atoms with Crippen molar-refractivity contribution in [1.82, 2.24) is 19.9 Å². The fraction of sp³-hybridized carbons (Fsp3) is 0.581. The predicted molar refractivity (Wildman–Crippen MR) is 294 cm³/mol. The number of allylic oxidation sites excluding steroid dienone is 4. The van der Waals surface area contributed by atoms with Crippen molar-refractivity contribution in [2.75, 3.05) is 14.2 Å². The number of nitrogens with one attached hydrogen (secondary N) is 2. The van der Waals surface area contributed by atoms with E-state index >= 15 is 0 Å². The summed E-state index contributed by atoms with van der Waals surface area (Å²) in [5, 5.41) is 0. The van der Waals surface area contributed by atoms with E-state index in [0.717, 1.165) is 103 Å². The lowest BCUT2D eigenvalue weighted by Gasteiger charge is -2.17. The number of aromatic nitrogens is 4. The third kappa shape index (κ3) is 12.0. The molecule has 0 aliphatic carbocycles. The average molecular weight is 923 g/mol. The van der Waals surface area contributed by atoms with E-state index in [2.05, 4.69) is 118 Å². The zero-order valence-electron chi connectivity index (χ0n) is 45.4. The molecule has 0 saturated carbocycles. The largest absolute Gasteiger partial charge is 0.497 e. The van der Waals surface area contributed by atoms with Crippen LogP contribution in [0.1, 0.15) is 215 Å². The van der Waals surface area contributed by atoms with Crippen molar-refractivity contribution >= 4 is 44.4 Å². The molecule has 0 spiro atoms. The Morgan fingerprint density at radius 2 is 1.00 bits per heavy atom. The minimum atomic E-state index is 0.519. The van der Waals surface area contributed by atoms with Gasteiger partial charge in [0.1, 0.15) is 11.5 Å². The SMILES string of the molecule is CCC1=C(C)c2nc1cc1[nH]c(c(C)c1CC)c(CCCc1cc(OC)ccc1OC)c1[nH]c(cc3nc(c2CC(C)CCCC(C)CCCC(C)CCCC(C)C)C(C)=C3CC)c(CC)c1C. The average Bonchev–Trinajstić information content (AvgIpc) is 4.01. The van der Waals surface area contributed by atoms with E-state index in [9.17, 15) is 0 Å². The molecule has 0 saturated heterocycles. The van der Waals surface area contributed by atoms with Crippen molar-refractivity contribution in [2.45, 2.75) is 199 Å². The number of H-pyrrole nitrogens is 2. The fourth-order valence-electron chi connectivity index (χ4n) is 11.7. The van der Waals surface area contributed by atoms with Gasteiger partial charge in [0, 0.05) is 27.6 Å². The molecule has 1 aromatic carbocycles. The summed E-state index contributed by atoms with van der Waals surface area (Å²) in [5.41, 5.74) is 23.7. The molecule has 6 nitrogen and oxygen atoms in total. The number of hydrogen-bond acceptors (Lipinski definition) is 4. The molecule has 68 heavy (non-hydrogen) atoms. The lowest BCUT2D eigenvalue weighted by atomic mass is 9.88. The summed E-state index contributed by atoms with van der Waals surface area (Å²) >= 11 is 0. The summed E-state index contributed by atoms with van der Waals surface area (Å²) in [7, 11) is 3.49. The van der Waals surface area contributed by atoms with Gasteiger partial charge in [-0.1, -0.05) is 120 Å². The summed E-state index contributed by atoms with van der Waals surface area (Å²) in [5.74, 6) is 4.73. The van der Waals surface area contributed by atoms with Crippen LogP contribution in [0.5, 0.6) is 11.5 Å². The highest BCUT2D eigenvalue weighted by Crippen LogP contribution is 2.41. The molecule has 0 radical (unpaired) electrons. The molecule has 5 heterocycles. The maximum Gasteiger partial charge on any atom is 0.122 e. The monoisotopic (exact) mass is 923 g/mol. The lowest BCUT2D eigenvalue weighted by molar-refractivity contribution is 0.377. The lowest BCUT2D eigenvalue weighted by Crippen LogP contribution is -2.07. The van der Waals surface area contributed by atoms with Crippen molar-refractivity contribution in [2.24, 2.45) is 23.7 Å². The molecule has 2 aliphatic heterocycles. The zero-order valence-corrected chi connectivity index (χ0v) is 45.4. The van der Waals surface area contributed by atoms with Crippen LogP contribution < -0.4 is 9.47 Å². The molecule has 3 atom stereocenters. The summed E-state index contributed by atoms with van der Waals surface area (Å²) in [6, 6.07) is 10.9. The third-order valence-corrected chi connectivity index (χ3v) is 15.9. The number of methoxy groups -OCH3 is 2. The van der Waals surface area contributed by atoms with Crippen LogP contribution in [0.2, 0.25) is 0 Å². The molecule has 2 N–H and O–H groups in total. The number of aryl methyl sites for hydroxylation is 6. The minimum Gasteiger partial charge on any atom is -0.497 e. The van der Waals surface area contributed by atoms with Crippen LogP contribution in [0.25, 0.3) is 44.4 Å². The highest BCUT2D eigenvalue weighted by molar-refractivity contribution is 5.97.